The zero-order valence-corrected chi connectivity index (χ0v) is 18.9. The molecule has 0 aliphatic rings. The number of hydrogen-bond acceptors (Lipinski definition) is 5. The Kier molecular flexibility index (Phi) is 8.27. The monoisotopic (exact) mass is 461 g/mol. The van der Waals surface area contributed by atoms with Gasteiger partial charge in [-0.05, 0) is 62.9 Å². The average molecular weight is 462 g/mol. The number of ether oxygens (including phenoxy) is 1. The van der Waals surface area contributed by atoms with E-state index >= 15 is 0 Å². The Labute approximate surface area is 190 Å². The van der Waals surface area contributed by atoms with Crippen molar-refractivity contribution >= 4 is 22.2 Å². The number of allylic oxidation sites excluding steroid dienone is 2. The van der Waals surface area contributed by atoms with E-state index < -0.39 is 11.7 Å². The number of nitrogens with one attached hydrogen (secondary N) is 1. The van der Waals surface area contributed by atoms with Crippen molar-refractivity contribution in [2.24, 2.45) is 0 Å². The maximum Gasteiger partial charge on any atom is 0.420 e. The quantitative estimate of drug-likeness (QED) is 0.247. The molecular formula is C24H26F3N3OS. The molecule has 0 saturated carbocycles. The van der Waals surface area contributed by atoms with E-state index in [-0.39, 0.29) is 12.4 Å². The van der Waals surface area contributed by atoms with Crippen LogP contribution in [0.2, 0.25) is 0 Å². The fourth-order valence-electron chi connectivity index (χ4n) is 2.99. The second kappa shape index (κ2) is 11.1. The first-order chi connectivity index (χ1) is 15.4. The van der Waals surface area contributed by atoms with Gasteiger partial charge >= 0.3 is 6.18 Å². The Morgan fingerprint density at radius 2 is 1.97 bits per heavy atom. The van der Waals surface area contributed by atoms with Crippen LogP contribution in [-0.2, 0) is 6.18 Å². The van der Waals surface area contributed by atoms with Crippen LogP contribution in [0.1, 0.15) is 43.9 Å². The molecule has 0 aliphatic heterocycles. The van der Waals surface area contributed by atoms with E-state index in [1.807, 2.05) is 24.4 Å². The molecule has 0 amide bonds. The van der Waals surface area contributed by atoms with Crippen LogP contribution in [0.15, 0.2) is 54.1 Å². The third-order valence-corrected chi connectivity index (χ3v) is 5.43. The van der Waals surface area contributed by atoms with Crippen molar-refractivity contribution in [2.45, 2.75) is 45.7 Å². The summed E-state index contributed by atoms with van der Waals surface area (Å²) < 4.78 is 46.3. The van der Waals surface area contributed by atoms with E-state index in [4.69, 9.17) is 4.74 Å². The summed E-state index contributed by atoms with van der Waals surface area (Å²) in [6.07, 6.45) is 4.83. The van der Waals surface area contributed by atoms with Crippen LogP contribution in [0.5, 0.6) is 5.75 Å². The van der Waals surface area contributed by atoms with E-state index in [1.165, 1.54) is 17.4 Å². The molecule has 8 heteroatoms. The Morgan fingerprint density at radius 3 is 2.69 bits per heavy atom. The highest BCUT2D eigenvalue weighted by molar-refractivity contribution is 7.14. The number of aryl methyl sites for hydroxylation is 1. The van der Waals surface area contributed by atoms with Gasteiger partial charge in [0, 0.05) is 28.5 Å². The molecule has 0 spiro atoms. The smallest absolute Gasteiger partial charge is 0.420 e. The third-order valence-electron chi connectivity index (χ3n) is 4.67. The molecule has 0 aliphatic carbocycles. The predicted octanol–water partition coefficient (Wildman–Crippen LogP) is 7.79. The number of rotatable bonds is 10. The SMILES string of the molecule is CC/C=C\CCCCOc1ccc(Nc2nc(-c3ccc(C)nc3)cs2)cc1C(F)(F)F. The topological polar surface area (TPSA) is 47.0 Å². The maximum atomic E-state index is 13.6. The van der Waals surface area contributed by atoms with Gasteiger partial charge in [0.15, 0.2) is 5.13 Å². The minimum atomic E-state index is -4.52. The van der Waals surface area contributed by atoms with Crippen LogP contribution in [0, 0.1) is 6.92 Å². The first-order valence-electron chi connectivity index (χ1n) is 10.5. The van der Waals surface area contributed by atoms with Crippen LogP contribution in [0.25, 0.3) is 11.3 Å². The molecule has 2 aromatic heterocycles. The Morgan fingerprint density at radius 1 is 1.12 bits per heavy atom. The van der Waals surface area contributed by atoms with Gasteiger partial charge in [-0.15, -0.1) is 11.3 Å². The zero-order chi connectivity index (χ0) is 23.0. The second-order valence-electron chi connectivity index (χ2n) is 7.28. The molecular weight excluding hydrogens is 435 g/mol. The molecule has 1 N–H and O–H groups in total. The minimum absolute atomic E-state index is 0.155. The van der Waals surface area contributed by atoms with Gasteiger partial charge in [-0.1, -0.05) is 19.1 Å². The number of aromatic nitrogens is 2. The van der Waals surface area contributed by atoms with Gasteiger partial charge in [-0.2, -0.15) is 13.2 Å². The van der Waals surface area contributed by atoms with Gasteiger partial charge in [0.25, 0.3) is 0 Å². The molecule has 0 bridgehead atoms. The molecule has 3 rings (SSSR count). The zero-order valence-electron chi connectivity index (χ0n) is 18.1. The highest BCUT2D eigenvalue weighted by Crippen LogP contribution is 2.39. The summed E-state index contributed by atoms with van der Waals surface area (Å²) in [6.45, 7) is 4.20. The van der Waals surface area contributed by atoms with Crippen molar-refractivity contribution < 1.29 is 17.9 Å². The Balaban J connectivity index is 1.66. The molecule has 0 saturated heterocycles. The summed E-state index contributed by atoms with van der Waals surface area (Å²) in [5.41, 5.74) is 1.97. The highest BCUT2D eigenvalue weighted by atomic mass is 32.1. The fourth-order valence-corrected chi connectivity index (χ4v) is 3.73. The summed E-state index contributed by atoms with van der Waals surface area (Å²) in [5.74, 6) is -0.155. The van der Waals surface area contributed by atoms with Gasteiger partial charge in [0.2, 0.25) is 0 Å². The first-order valence-corrected chi connectivity index (χ1v) is 11.4. The van der Waals surface area contributed by atoms with E-state index in [1.54, 1.807) is 12.3 Å². The number of nitrogens with zero attached hydrogens (tertiary/aromatic N) is 2. The number of benzene rings is 1. The summed E-state index contributed by atoms with van der Waals surface area (Å²) in [6, 6.07) is 7.80. The van der Waals surface area contributed by atoms with Crippen LogP contribution >= 0.6 is 11.3 Å². The normalized spacial score (nSPS) is 11.8. The lowest BCUT2D eigenvalue weighted by atomic mass is 10.1. The number of alkyl halides is 3. The van der Waals surface area contributed by atoms with Crippen LogP contribution in [0.4, 0.5) is 24.0 Å². The van der Waals surface area contributed by atoms with Crippen LogP contribution < -0.4 is 10.1 Å². The number of thiazole rings is 1. The molecule has 3 aromatic rings. The Bertz CT molecular complexity index is 1030. The number of pyridine rings is 1. The second-order valence-corrected chi connectivity index (χ2v) is 8.14. The van der Waals surface area contributed by atoms with Gasteiger partial charge in [-0.3, -0.25) is 4.98 Å². The van der Waals surface area contributed by atoms with Crippen LogP contribution in [-0.4, -0.2) is 16.6 Å². The number of hydrogen-bond donors (Lipinski definition) is 1. The van der Waals surface area contributed by atoms with E-state index in [0.29, 0.717) is 17.2 Å². The van der Waals surface area contributed by atoms with Crippen molar-refractivity contribution in [3.63, 3.8) is 0 Å². The van der Waals surface area contributed by atoms with Crippen molar-refractivity contribution in [1.82, 2.24) is 9.97 Å². The summed E-state index contributed by atoms with van der Waals surface area (Å²) >= 11 is 1.32. The molecule has 0 atom stereocenters. The predicted molar refractivity (Wildman–Crippen MR) is 124 cm³/mol. The molecule has 0 fully saturated rings. The molecule has 0 radical (unpaired) electrons. The highest BCUT2D eigenvalue weighted by Gasteiger charge is 2.34. The Hall–Kier alpha value is -2.87. The number of unbranched alkanes of at least 4 members (excludes halogenated alkanes) is 2. The summed E-state index contributed by atoms with van der Waals surface area (Å²) in [7, 11) is 0. The lowest BCUT2D eigenvalue weighted by Gasteiger charge is -2.15. The van der Waals surface area contributed by atoms with E-state index in [0.717, 1.165) is 42.3 Å². The fraction of sp³-hybridized carbons (Fsp3) is 0.333. The molecule has 2 heterocycles. The minimum Gasteiger partial charge on any atom is -0.493 e. The number of anilines is 2. The van der Waals surface area contributed by atoms with Crippen molar-refractivity contribution in [2.75, 3.05) is 11.9 Å². The largest absolute Gasteiger partial charge is 0.493 e. The molecule has 0 unspecified atom stereocenters. The van der Waals surface area contributed by atoms with E-state index in [2.05, 4.69) is 34.4 Å². The average Bonchev–Trinajstić information content (AvgIpc) is 3.22. The molecule has 170 valence electrons. The van der Waals surface area contributed by atoms with Crippen molar-refractivity contribution in [1.29, 1.82) is 0 Å². The van der Waals surface area contributed by atoms with Gasteiger partial charge < -0.3 is 10.1 Å². The lowest BCUT2D eigenvalue weighted by Crippen LogP contribution is -2.10. The molecule has 1 aromatic carbocycles. The number of halogens is 3. The van der Waals surface area contributed by atoms with E-state index in [9.17, 15) is 13.2 Å². The lowest BCUT2D eigenvalue weighted by molar-refractivity contribution is -0.138. The standard InChI is InChI=1S/C24H26F3N3OS/c1-3-4-5-6-7-8-13-31-22-12-11-19(14-20(22)24(25,26)27)29-23-30-21(16-32-23)18-10-9-17(2)28-15-18/h4-5,9-12,14-16H,3,6-8,13H2,1-2H3,(H,29,30)/b5-4-. The molecule has 4 nitrogen and oxygen atoms in total. The maximum absolute atomic E-state index is 13.6. The van der Waals surface area contributed by atoms with Gasteiger partial charge in [-0.25, -0.2) is 4.98 Å². The van der Waals surface area contributed by atoms with Crippen molar-refractivity contribution in [3.05, 3.63) is 65.3 Å². The molecule has 32 heavy (non-hydrogen) atoms. The van der Waals surface area contributed by atoms with Crippen LogP contribution in [0.3, 0.4) is 0 Å². The first kappa shape index (κ1) is 23.8. The third kappa shape index (κ3) is 6.82. The summed E-state index contributed by atoms with van der Waals surface area (Å²) in [5, 5.41) is 5.31. The summed E-state index contributed by atoms with van der Waals surface area (Å²) in [4.78, 5) is 8.71. The van der Waals surface area contributed by atoms with Crippen molar-refractivity contribution in [3.8, 4) is 17.0 Å². The van der Waals surface area contributed by atoms with Gasteiger partial charge in [0.1, 0.15) is 5.75 Å². The van der Waals surface area contributed by atoms with Gasteiger partial charge in [0.05, 0.1) is 17.9 Å².